The van der Waals surface area contributed by atoms with Gasteiger partial charge in [-0.2, -0.15) is 0 Å². The fourth-order valence-corrected chi connectivity index (χ4v) is 5.53. The number of methoxy groups -OCH3 is 1. The molecule has 1 unspecified atom stereocenters. The van der Waals surface area contributed by atoms with Crippen LogP contribution in [0.15, 0.2) is 30.3 Å². The monoisotopic (exact) mass is 528 g/mol. The van der Waals surface area contributed by atoms with Crippen molar-refractivity contribution in [2.75, 3.05) is 33.4 Å². The fraction of sp³-hybridized carbons (Fsp3) is 0.552. The average molecular weight is 529 g/mol. The van der Waals surface area contributed by atoms with Crippen LogP contribution in [0.2, 0.25) is 5.02 Å². The van der Waals surface area contributed by atoms with E-state index in [0.29, 0.717) is 48.9 Å². The maximum absolute atomic E-state index is 12.3. The Morgan fingerprint density at radius 3 is 2.68 bits per heavy atom. The van der Waals surface area contributed by atoms with Crippen LogP contribution in [0.25, 0.3) is 0 Å². The predicted octanol–water partition coefficient (Wildman–Crippen LogP) is 4.87. The fourth-order valence-electron chi connectivity index (χ4n) is 5.25. The Morgan fingerprint density at radius 2 is 2.00 bits per heavy atom. The number of likely N-dealkylation sites (tertiary alicyclic amines) is 1. The number of aliphatic hydroxyl groups excluding tert-OH is 1. The first-order valence-corrected chi connectivity index (χ1v) is 13.7. The third kappa shape index (κ3) is 7.02. The van der Waals surface area contributed by atoms with Crippen LogP contribution in [0.4, 0.5) is 0 Å². The van der Waals surface area contributed by atoms with Crippen molar-refractivity contribution in [3.8, 4) is 5.88 Å². The molecule has 1 saturated carbocycles. The second-order valence-electron chi connectivity index (χ2n) is 10.0. The molecule has 2 heterocycles. The number of ether oxygens (including phenoxy) is 2. The highest BCUT2D eigenvalue weighted by Crippen LogP contribution is 2.45. The summed E-state index contributed by atoms with van der Waals surface area (Å²) >= 11 is 6.70. The van der Waals surface area contributed by atoms with Gasteiger partial charge in [0, 0.05) is 42.4 Å². The number of hydrogen-bond acceptors (Lipinski definition) is 6. The Morgan fingerprint density at radius 1 is 1.19 bits per heavy atom. The number of nitrogens with zero attached hydrogens (tertiary/aromatic N) is 2. The lowest BCUT2D eigenvalue weighted by atomic mass is 9.85. The van der Waals surface area contributed by atoms with Crippen LogP contribution in [-0.4, -0.2) is 60.3 Å². The molecule has 1 aromatic heterocycles. The number of carbonyl (C=O) groups excluding carboxylic acids is 2. The Labute approximate surface area is 224 Å². The second kappa shape index (κ2) is 12.7. The number of aromatic nitrogens is 1. The smallest absolute Gasteiger partial charge is 0.306 e. The van der Waals surface area contributed by atoms with Gasteiger partial charge in [0.2, 0.25) is 11.8 Å². The number of pyridine rings is 1. The van der Waals surface area contributed by atoms with Gasteiger partial charge in [-0.15, -0.1) is 0 Å². The quantitative estimate of drug-likeness (QED) is 0.395. The summed E-state index contributed by atoms with van der Waals surface area (Å²) in [6.07, 6.45) is 5.05. The lowest BCUT2D eigenvalue weighted by molar-refractivity contribution is -0.143. The van der Waals surface area contributed by atoms with Gasteiger partial charge in [-0.3, -0.25) is 9.59 Å². The normalized spacial score (nSPS) is 18.1. The van der Waals surface area contributed by atoms with E-state index in [4.69, 9.17) is 31.2 Å². The summed E-state index contributed by atoms with van der Waals surface area (Å²) < 4.78 is 10.7. The lowest BCUT2D eigenvalue weighted by Gasteiger charge is -2.23. The zero-order valence-electron chi connectivity index (χ0n) is 21.7. The summed E-state index contributed by atoms with van der Waals surface area (Å²) in [5.74, 6) is 1.29. The topological polar surface area (TPSA) is 89.0 Å². The molecule has 1 aliphatic heterocycles. The maximum atomic E-state index is 12.3. The van der Waals surface area contributed by atoms with Crippen LogP contribution in [-0.2, 0) is 20.7 Å². The Bertz CT molecular complexity index is 1100. The third-order valence-electron chi connectivity index (χ3n) is 7.40. The standard InChI is InChI=1S/C29H37ClN2O5/c1-3-37-28(35)11-8-21-6-7-22(17-25(21)30)24(16-19-12-14-32(18-19)27(34)13-15-33)26-10-9-23(20-4-5-20)29(31-26)36-2/h6-7,9-10,17,19-20,24,33H,3-5,8,11-16,18H2,1-2H3/t19-,24?/m1/s1. The summed E-state index contributed by atoms with van der Waals surface area (Å²) in [6.45, 7) is 3.43. The molecule has 2 atom stereocenters. The van der Waals surface area contributed by atoms with E-state index in [1.807, 2.05) is 17.0 Å². The van der Waals surface area contributed by atoms with E-state index < -0.39 is 0 Å². The van der Waals surface area contributed by atoms with Crippen molar-refractivity contribution in [1.29, 1.82) is 0 Å². The van der Waals surface area contributed by atoms with Crippen LogP contribution in [0.3, 0.4) is 0 Å². The molecule has 1 amide bonds. The SMILES string of the molecule is CCOC(=O)CCc1ccc(C(C[C@H]2CCN(C(=O)CCO)C2)c2ccc(C3CC3)c(OC)n2)cc1Cl. The van der Waals surface area contributed by atoms with E-state index in [1.54, 1.807) is 14.0 Å². The van der Waals surface area contributed by atoms with Crippen LogP contribution in [0, 0.1) is 5.92 Å². The molecule has 2 aromatic rings. The van der Waals surface area contributed by atoms with Crippen molar-refractivity contribution >= 4 is 23.5 Å². The molecular weight excluding hydrogens is 492 g/mol. The molecule has 1 aliphatic carbocycles. The number of carbonyl (C=O) groups is 2. The Balaban J connectivity index is 1.58. The second-order valence-corrected chi connectivity index (χ2v) is 10.4. The van der Waals surface area contributed by atoms with Crippen molar-refractivity contribution in [2.24, 2.45) is 5.92 Å². The molecule has 0 bridgehead atoms. The van der Waals surface area contributed by atoms with E-state index in [9.17, 15) is 9.59 Å². The van der Waals surface area contributed by atoms with Crippen molar-refractivity contribution in [1.82, 2.24) is 9.88 Å². The average Bonchev–Trinajstić information content (AvgIpc) is 3.63. The van der Waals surface area contributed by atoms with Gasteiger partial charge in [-0.05, 0) is 74.1 Å². The van der Waals surface area contributed by atoms with E-state index in [0.717, 1.165) is 29.7 Å². The largest absolute Gasteiger partial charge is 0.481 e. The molecular formula is C29H37ClN2O5. The number of halogens is 1. The van der Waals surface area contributed by atoms with Crippen LogP contribution in [0.1, 0.15) is 79.7 Å². The Kier molecular flexibility index (Phi) is 9.43. The van der Waals surface area contributed by atoms with Crippen molar-refractivity contribution in [2.45, 2.75) is 63.7 Å². The highest BCUT2D eigenvalue weighted by atomic mass is 35.5. The minimum atomic E-state index is -0.228. The first-order chi connectivity index (χ1) is 17.9. The first kappa shape index (κ1) is 27.4. The van der Waals surface area contributed by atoms with Gasteiger partial charge in [0.25, 0.3) is 0 Å². The number of hydrogen-bond donors (Lipinski definition) is 1. The van der Waals surface area contributed by atoms with E-state index >= 15 is 0 Å². The van der Waals surface area contributed by atoms with Crippen LogP contribution in [0.5, 0.6) is 5.88 Å². The van der Waals surface area contributed by atoms with Crippen LogP contribution >= 0.6 is 11.6 Å². The number of amides is 1. The maximum Gasteiger partial charge on any atom is 0.306 e. The van der Waals surface area contributed by atoms with E-state index in [1.165, 1.54) is 18.4 Å². The summed E-state index contributed by atoms with van der Waals surface area (Å²) in [5.41, 5.74) is 4.06. The molecule has 1 N–H and O–H groups in total. The molecule has 1 saturated heterocycles. The molecule has 0 spiro atoms. The highest BCUT2D eigenvalue weighted by molar-refractivity contribution is 6.31. The van der Waals surface area contributed by atoms with Gasteiger partial charge in [0.15, 0.2) is 0 Å². The summed E-state index contributed by atoms with van der Waals surface area (Å²) in [5, 5.41) is 9.78. The zero-order valence-corrected chi connectivity index (χ0v) is 22.5. The number of aliphatic hydroxyl groups is 1. The molecule has 7 nitrogen and oxygen atoms in total. The third-order valence-corrected chi connectivity index (χ3v) is 7.75. The molecule has 200 valence electrons. The zero-order chi connectivity index (χ0) is 26.4. The minimum absolute atomic E-state index is 0.00382. The van der Waals surface area contributed by atoms with Crippen LogP contribution < -0.4 is 4.74 Å². The van der Waals surface area contributed by atoms with E-state index in [-0.39, 0.29) is 37.2 Å². The summed E-state index contributed by atoms with van der Waals surface area (Å²) in [7, 11) is 1.67. The molecule has 2 aliphatic rings. The molecule has 37 heavy (non-hydrogen) atoms. The number of rotatable bonds is 12. The van der Waals surface area contributed by atoms with Gasteiger partial charge in [-0.1, -0.05) is 29.8 Å². The van der Waals surface area contributed by atoms with Crippen molar-refractivity contribution < 1.29 is 24.2 Å². The molecule has 0 radical (unpaired) electrons. The highest BCUT2D eigenvalue weighted by Gasteiger charge is 2.32. The van der Waals surface area contributed by atoms with Gasteiger partial charge in [-0.25, -0.2) is 4.98 Å². The van der Waals surface area contributed by atoms with Crippen molar-refractivity contribution in [3.05, 3.63) is 57.7 Å². The minimum Gasteiger partial charge on any atom is -0.481 e. The van der Waals surface area contributed by atoms with Crippen molar-refractivity contribution in [3.63, 3.8) is 0 Å². The number of esters is 1. The summed E-state index contributed by atoms with van der Waals surface area (Å²) in [4.78, 5) is 30.9. The molecule has 1 aromatic carbocycles. The lowest BCUT2D eigenvalue weighted by Crippen LogP contribution is -2.29. The van der Waals surface area contributed by atoms with Gasteiger partial charge in [0.1, 0.15) is 0 Å². The van der Waals surface area contributed by atoms with Gasteiger partial charge < -0.3 is 19.5 Å². The van der Waals surface area contributed by atoms with Gasteiger partial charge >= 0.3 is 5.97 Å². The van der Waals surface area contributed by atoms with Gasteiger partial charge in [0.05, 0.1) is 26.0 Å². The Hall–Kier alpha value is -2.64. The molecule has 2 fully saturated rings. The molecule has 4 rings (SSSR count). The number of aryl methyl sites for hydroxylation is 1. The first-order valence-electron chi connectivity index (χ1n) is 13.3. The molecule has 8 heteroatoms. The summed E-state index contributed by atoms with van der Waals surface area (Å²) in [6, 6.07) is 10.3. The van der Waals surface area contributed by atoms with E-state index in [2.05, 4.69) is 18.2 Å². The predicted molar refractivity (Wildman–Crippen MR) is 142 cm³/mol. The number of benzene rings is 1.